The molecule has 0 N–H and O–H groups in total. The number of rotatable bonds is 6. The molecule has 0 nitrogen and oxygen atoms in total. The van der Waals surface area contributed by atoms with Crippen molar-refractivity contribution in [3.8, 4) is 0 Å². The molecule has 0 amide bonds. The second kappa shape index (κ2) is 7.54. The van der Waals surface area contributed by atoms with Crippen molar-refractivity contribution >= 4 is 11.6 Å². The van der Waals surface area contributed by atoms with Crippen molar-refractivity contribution in [2.45, 2.75) is 77.0 Å². The molecule has 1 aliphatic rings. The summed E-state index contributed by atoms with van der Waals surface area (Å²) in [5, 5.41) is 0.481. The molecule has 0 aliphatic heterocycles. The van der Waals surface area contributed by atoms with Crippen LogP contribution in [0.5, 0.6) is 0 Å². The molecule has 0 radical (unpaired) electrons. The molecule has 1 saturated carbocycles. The number of hydrogen-bond donors (Lipinski definition) is 0. The Bertz CT molecular complexity index is 155. The van der Waals surface area contributed by atoms with E-state index in [1.54, 1.807) is 0 Å². The summed E-state index contributed by atoms with van der Waals surface area (Å²) < 4.78 is 0. The first-order valence-corrected chi connectivity index (χ1v) is 7.35. The van der Waals surface area contributed by atoms with Crippen LogP contribution in [0.25, 0.3) is 0 Å². The topological polar surface area (TPSA) is 0 Å². The molecule has 0 aromatic heterocycles. The maximum atomic E-state index is 6.43. The molecule has 0 spiro atoms. The van der Waals surface area contributed by atoms with Crippen LogP contribution in [0.2, 0.25) is 0 Å². The van der Waals surface area contributed by atoms with Gasteiger partial charge in [-0.25, -0.2) is 0 Å². The first kappa shape index (κ1) is 13.4. The van der Waals surface area contributed by atoms with Crippen LogP contribution in [0.15, 0.2) is 0 Å². The Hall–Kier alpha value is 0.290. The summed E-state index contributed by atoms with van der Waals surface area (Å²) >= 11 is 6.43. The molecule has 1 rings (SSSR count). The van der Waals surface area contributed by atoms with E-state index < -0.39 is 0 Å². The van der Waals surface area contributed by atoms with Gasteiger partial charge in [0.15, 0.2) is 0 Å². The smallest absolute Gasteiger partial charge is 0.0364 e. The lowest BCUT2D eigenvalue weighted by molar-refractivity contribution is 0.243. The van der Waals surface area contributed by atoms with Crippen LogP contribution in [0.3, 0.4) is 0 Å². The van der Waals surface area contributed by atoms with E-state index in [2.05, 4.69) is 13.8 Å². The van der Waals surface area contributed by atoms with Gasteiger partial charge in [-0.15, -0.1) is 11.6 Å². The predicted molar refractivity (Wildman–Crippen MR) is 69.5 cm³/mol. The molecule has 0 aromatic rings. The van der Waals surface area contributed by atoms with E-state index in [0.29, 0.717) is 5.38 Å². The lowest BCUT2D eigenvalue weighted by Gasteiger charge is -2.33. The fourth-order valence-electron chi connectivity index (χ4n) is 2.95. The summed E-state index contributed by atoms with van der Waals surface area (Å²) in [6.07, 6.45) is 12.3. The molecule has 0 heterocycles. The van der Waals surface area contributed by atoms with Crippen LogP contribution in [0.4, 0.5) is 0 Å². The fourth-order valence-corrected chi connectivity index (χ4v) is 3.30. The van der Waals surface area contributed by atoms with Gasteiger partial charge < -0.3 is 0 Å². The molecule has 3 unspecified atom stereocenters. The van der Waals surface area contributed by atoms with Gasteiger partial charge in [-0.2, -0.15) is 0 Å². The standard InChI is InChI=1S/C14H27Cl/c1-3-5-6-8-13-11-12(7-4-2)9-10-14(13)15/h12-14H,3-11H2,1-2H3. The van der Waals surface area contributed by atoms with Gasteiger partial charge in [0, 0.05) is 5.38 Å². The Balaban J connectivity index is 2.26. The molecule has 15 heavy (non-hydrogen) atoms. The summed E-state index contributed by atoms with van der Waals surface area (Å²) in [5.41, 5.74) is 0. The normalized spacial score (nSPS) is 31.8. The van der Waals surface area contributed by atoms with Gasteiger partial charge in [0.05, 0.1) is 0 Å². The largest absolute Gasteiger partial charge is 0.123 e. The fraction of sp³-hybridized carbons (Fsp3) is 1.00. The van der Waals surface area contributed by atoms with E-state index in [0.717, 1.165) is 11.8 Å². The van der Waals surface area contributed by atoms with Gasteiger partial charge in [-0.3, -0.25) is 0 Å². The van der Waals surface area contributed by atoms with E-state index >= 15 is 0 Å². The maximum Gasteiger partial charge on any atom is 0.0364 e. The summed E-state index contributed by atoms with van der Waals surface area (Å²) in [7, 11) is 0. The molecule has 0 aromatic carbocycles. The lowest BCUT2D eigenvalue weighted by atomic mass is 9.77. The van der Waals surface area contributed by atoms with Crippen LogP contribution in [0, 0.1) is 11.8 Å². The number of hydrogen-bond acceptors (Lipinski definition) is 0. The highest BCUT2D eigenvalue weighted by molar-refractivity contribution is 6.20. The third-order valence-corrected chi connectivity index (χ3v) is 4.45. The second-order valence-electron chi connectivity index (χ2n) is 5.24. The minimum absolute atomic E-state index is 0.481. The van der Waals surface area contributed by atoms with Crippen molar-refractivity contribution in [3.63, 3.8) is 0 Å². The van der Waals surface area contributed by atoms with Crippen molar-refractivity contribution < 1.29 is 0 Å². The van der Waals surface area contributed by atoms with Crippen LogP contribution in [-0.4, -0.2) is 5.38 Å². The Kier molecular flexibility index (Phi) is 6.72. The molecule has 3 atom stereocenters. The Morgan fingerprint density at radius 1 is 1.00 bits per heavy atom. The summed E-state index contributed by atoms with van der Waals surface area (Å²) in [5.74, 6) is 1.81. The van der Waals surface area contributed by atoms with E-state index in [-0.39, 0.29) is 0 Å². The van der Waals surface area contributed by atoms with Gasteiger partial charge in [0.2, 0.25) is 0 Å². The van der Waals surface area contributed by atoms with E-state index in [4.69, 9.17) is 11.6 Å². The van der Waals surface area contributed by atoms with Crippen LogP contribution < -0.4 is 0 Å². The average molecular weight is 231 g/mol. The number of halogens is 1. The SMILES string of the molecule is CCCCCC1CC(CCC)CCC1Cl. The predicted octanol–water partition coefficient (Wildman–Crippen LogP) is 5.39. The minimum atomic E-state index is 0.481. The van der Waals surface area contributed by atoms with Crippen molar-refractivity contribution in [1.82, 2.24) is 0 Å². The highest BCUT2D eigenvalue weighted by atomic mass is 35.5. The molecule has 1 aliphatic carbocycles. The molecule has 0 bridgehead atoms. The molecular formula is C14H27Cl. The third kappa shape index (κ3) is 4.76. The van der Waals surface area contributed by atoms with Gasteiger partial charge in [-0.1, -0.05) is 46.0 Å². The molecule has 0 saturated heterocycles. The van der Waals surface area contributed by atoms with Gasteiger partial charge in [-0.05, 0) is 37.5 Å². The molecule has 1 heteroatoms. The summed E-state index contributed by atoms with van der Waals surface area (Å²) in [4.78, 5) is 0. The lowest BCUT2D eigenvalue weighted by Crippen LogP contribution is -2.25. The van der Waals surface area contributed by atoms with E-state index in [1.165, 1.54) is 57.8 Å². The number of alkyl halides is 1. The van der Waals surface area contributed by atoms with Gasteiger partial charge in [0.1, 0.15) is 0 Å². The van der Waals surface area contributed by atoms with E-state index in [1.807, 2.05) is 0 Å². The zero-order chi connectivity index (χ0) is 11.1. The van der Waals surface area contributed by atoms with Crippen LogP contribution in [-0.2, 0) is 0 Å². The average Bonchev–Trinajstić information content (AvgIpc) is 2.23. The highest BCUT2D eigenvalue weighted by Gasteiger charge is 2.27. The Labute approximate surface area is 101 Å². The maximum absolute atomic E-state index is 6.43. The first-order chi connectivity index (χ1) is 7.27. The summed E-state index contributed by atoms with van der Waals surface area (Å²) in [6.45, 7) is 4.58. The van der Waals surface area contributed by atoms with Gasteiger partial charge in [0.25, 0.3) is 0 Å². The quantitative estimate of drug-likeness (QED) is 0.424. The summed E-state index contributed by atoms with van der Waals surface area (Å²) in [6, 6.07) is 0. The van der Waals surface area contributed by atoms with E-state index in [9.17, 15) is 0 Å². The monoisotopic (exact) mass is 230 g/mol. The zero-order valence-corrected chi connectivity index (χ0v) is 11.2. The molecular weight excluding hydrogens is 204 g/mol. The Morgan fingerprint density at radius 3 is 2.47 bits per heavy atom. The Morgan fingerprint density at radius 2 is 1.80 bits per heavy atom. The highest BCUT2D eigenvalue weighted by Crippen LogP contribution is 2.37. The first-order valence-electron chi connectivity index (χ1n) is 6.92. The van der Waals surface area contributed by atoms with Crippen molar-refractivity contribution in [3.05, 3.63) is 0 Å². The molecule has 90 valence electrons. The zero-order valence-electron chi connectivity index (χ0n) is 10.5. The second-order valence-corrected chi connectivity index (χ2v) is 5.80. The molecule has 1 fully saturated rings. The van der Waals surface area contributed by atoms with Crippen LogP contribution >= 0.6 is 11.6 Å². The minimum Gasteiger partial charge on any atom is -0.123 e. The van der Waals surface area contributed by atoms with Crippen molar-refractivity contribution in [2.24, 2.45) is 11.8 Å². The van der Waals surface area contributed by atoms with Crippen molar-refractivity contribution in [2.75, 3.05) is 0 Å². The van der Waals surface area contributed by atoms with Crippen LogP contribution in [0.1, 0.15) is 71.6 Å². The number of unbranched alkanes of at least 4 members (excludes halogenated alkanes) is 2. The van der Waals surface area contributed by atoms with Crippen molar-refractivity contribution in [1.29, 1.82) is 0 Å². The third-order valence-electron chi connectivity index (χ3n) is 3.87. The van der Waals surface area contributed by atoms with Gasteiger partial charge >= 0.3 is 0 Å².